The molecule has 0 radical (unpaired) electrons. The van der Waals surface area contributed by atoms with Gasteiger partial charge < -0.3 is 10.2 Å². The second-order valence-corrected chi connectivity index (χ2v) is 11.0. The molecule has 0 bridgehead atoms. The fraction of sp³-hybridized carbons (Fsp3) is 0.259. The lowest BCUT2D eigenvalue weighted by Gasteiger charge is -2.33. The Labute approximate surface area is 228 Å². The SMILES string of the molecule is CCNC(=O)[C@H](CC)N(Cc1ccccc1)C(=O)CN(c1ccc(Cl)cc1Cl)S(=O)(=O)c1ccccc1. The monoisotopic (exact) mass is 561 g/mol. The molecule has 1 atom stereocenters. The summed E-state index contributed by atoms with van der Waals surface area (Å²) >= 11 is 12.5. The van der Waals surface area contributed by atoms with Crippen LogP contribution in [0.1, 0.15) is 25.8 Å². The molecule has 3 aromatic carbocycles. The van der Waals surface area contributed by atoms with Gasteiger partial charge in [0.15, 0.2) is 0 Å². The lowest BCUT2D eigenvalue weighted by atomic mass is 10.1. The summed E-state index contributed by atoms with van der Waals surface area (Å²) in [6.45, 7) is 3.56. The maximum atomic E-state index is 13.9. The zero-order valence-electron chi connectivity index (χ0n) is 20.6. The number of hydrogen-bond acceptors (Lipinski definition) is 4. The Balaban J connectivity index is 2.07. The largest absolute Gasteiger partial charge is 0.355 e. The number of sulfonamides is 1. The van der Waals surface area contributed by atoms with Crippen molar-refractivity contribution in [2.75, 3.05) is 17.4 Å². The highest BCUT2D eigenvalue weighted by molar-refractivity contribution is 7.92. The first-order valence-electron chi connectivity index (χ1n) is 11.8. The van der Waals surface area contributed by atoms with Gasteiger partial charge in [0, 0.05) is 18.1 Å². The van der Waals surface area contributed by atoms with Gasteiger partial charge in [-0.05, 0) is 49.2 Å². The zero-order chi connectivity index (χ0) is 27.0. The molecule has 0 fully saturated rings. The summed E-state index contributed by atoms with van der Waals surface area (Å²) < 4.78 is 28.5. The van der Waals surface area contributed by atoms with Crippen molar-refractivity contribution in [2.45, 2.75) is 37.8 Å². The number of carbonyl (C=O) groups is 2. The van der Waals surface area contributed by atoms with Gasteiger partial charge in [-0.1, -0.05) is 78.7 Å². The maximum absolute atomic E-state index is 13.9. The van der Waals surface area contributed by atoms with Crippen molar-refractivity contribution in [3.8, 4) is 0 Å². The normalized spacial score (nSPS) is 12.0. The lowest BCUT2D eigenvalue weighted by molar-refractivity contribution is -0.140. The summed E-state index contributed by atoms with van der Waals surface area (Å²) in [5.74, 6) is -0.858. The molecule has 3 aromatic rings. The molecule has 196 valence electrons. The van der Waals surface area contributed by atoms with Gasteiger partial charge in [0.1, 0.15) is 12.6 Å². The Morgan fingerprint density at radius 1 is 0.919 bits per heavy atom. The summed E-state index contributed by atoms with van der Waals surface area (Å²) in [5.41, 5.74) is 0.912. The van der Waals surface area contributed by atoms with E-state index in [9.17, 15) is 18.0 Å². The average Bonchev–Trinajstić information content (AvgIpc) is 2.88. The number of nitrogens with zero attached hydrogens (tertiary/aromatic N) is 2. The summed E-state index contributed by atoms with van der Waals surface area (Å²) in [4.78, 5) is 28.2. The van der Waals surface area contributed by atoms with Crippen LogP contribution in [-0.4, -0.2) is 44.3 Å². The van der Waals surface area contributed by atoms with E-state index >= 15 is 0 Å². The first kappa shape index (κ1) is 28.5. The van der Waals surface area contributed by atoms with Crippen LogP contribution >= 0.6 is 23.2 Å². The molecule has 3 rings (SSSR count). The van der Waals surface area contributed by atoms with E-state index in [4.69, 9.17) is 23.2 Å². The number of hydrogen-bond donors (Lipinski definition) is 1. The standard InChI is InChI=1S/C27H29Cl2N3O4S/c1-3-24(27(34)30-4-2)31(18-20-11-7-5-8-12-20)26(33)19-32(25-16-15-21(28)17-23(25)29)37(35,36)22-13-9-6-10-14-22/h5-17,24H,3-4,18-19H2,1-2H3,(H,30,34)/t24-/m0/s1. The third kappa shape index (κ3) is 7.03. The van der Waals surface area contributed by atoms with Crippen LogP contribution in [0.4, 0.5) is 5.69 Å². The molecule has 0 aliphatic carbocycles. The molecule has 7 nitrogen and oxygen atoms in total. The maximum Gasteiger partial charge on any atom is 0.264 e. The quantitative estimate of drug-likeness (QED) is 0.351. The van der Waals surface area contributed by atoms with E-state index < -0.39 is 28.5 Å². The van der Waals surface area contributed by atoms with E-state index in [2.05, 4.69) is 5.32 Å². The molecule has 0 saturated heterocycles. The second-order valence-electron chi connectivity index (χ2n) is 8.25. The highest BCUT2D eigenvalue weighted by atomic mass is 35.5. The topological polar surface area (TPSA) is 86.8 Å². The number of carbonyl (C=O) groups excluding carboxylic acids is 2. The zero-order valence-corrected chi connectivity index (χ0v) is 22.9. The number of halogens is 2. The summed E-state index contributed by atoms with van der Waals surface area (Å²) in [5, 5.41) is 3.17. The predicted octanol–water partition coefficient (Wildman–Crippen LogP) is 5.13. The van der Waals surface area contributed by atoms with E-state index in [0.717, 1.165) is 9.87 Å². The Hall–Kier alpha value is -3.07. The number of rotatable bonds is 11. The van der Waals surface area contributed by atoms with E-state index in [0.29, 0.717) is 18.0 Å². The Kier molecular flexibility index (Phi) is 9.97. The Morgan fingerprint density at radius 2 is 1.54 bits per heavy atom. The van der Waals surface area contributed by atoms with Crippen LogP contribution in [0.3, 0.4) is 0 Å². The van der Waals surface area contributed by atoms with Crippen molar-refractivity contribution in [1.29, 1.82) is 0 Å². The average molecular weight is 563 g/mol. The molecule has 0 aliphatic heterocycles. The van der Waals surface area contributed by atoms with E-state index in [1.807, 2.05) is 30.3 Å². The molecule has 0 spiro atoms. The number of likely N-dealkylation sites (N-methyl/N-ethyl adjacent to an activating group) is 1. The van der Waals surface area contributed by atoms with Crippen LogP contribution < -0.4 is 9.62 Å². The van der Waals surface area contributed by atoms with Crippen LogP contribution in [0.5, 0.6) is 0 Å². The van der Waals surface area contributed by atoms with Crippen molar-refractivity contribution in [2.24, 2.45) is 0 Å². The molecule has 1 N–H and O–H groups in total. The van der Waals surface area contributed by atoms with Gasteiger partial charge in [-0.25, -0.2) is 8.42 Å². The molecule has 0 saturated carbocycles. The minimum atomic E-state index is -4.20. The molecular formula is C27H29Cl2N3O4S. The van der Waals surface area contributed by atoms with Gasteiger partial charge in [-0.2, -0.15) is 0 Å². The van der Waals surface area contributed by atoms with Crippen LogP contribution in [0.2, 0.25) is 10.0 Å². The second kappa shape index (κ2) is 12.9. The number of amides is 2. The third-order valence-electron chi connectivity index (χ3n) is 5.72. The predicted molar refractivity (Wildman–Crippen MR) is 147 cm³/mol. The van der Waals surface area contributed by atoms with Crippen molar-refractivity contribution < 1.29 is 18.0 Å². The molecule has 0 unspecified atom stereocenters. The van der Waals surface area contributed by atoms with Crippen molar-refractivity contribution >= 4 is 50.7 Å². The fourth-order valence-corrected chi connectivity index (χ4v) is 5.92. The highest BCUT2D eigenvalue weighted by Gasteiger charge is 2.34. The molecule has 10 heteroatoms. The first-order valence-corrected chi connectivity index (χ1v) is 14.0. The smallest absolute Gasteiger partial charge is 0.264 e. The highest BCUT2D eigenvalue weighted by Crippen LogP contribution is 2.33. The third-order valence-corrected chi connectivity index (χ3v) is 8.03. The molecular weight excluding hydrogens is 533 g/mol. The van der Waals surface area contributed by atoms with Gasteiger partial charge >= 0.3 is 0 Å². The summed E-state index contributed by atoms with van der Waals surface area (Å²) in [6, 6.07) is 20.6. The van der Waals surface area contributed by atoms with E-state index in [1.54, 1.807) is 32.0 Å². The molecule has 0 heterocycles. The summed E-state index contributed by atoms with van der Waals surface area (Å²) in [7, 11) is -4.20. The van der Waals surface area contributed by atoms with Crippen molar-refractivity contribution in [1.82, 2.24) is 10.2 Å². The minimum Gasteiger partial charge on any atom is -0.355 e. The van der Waals surface area contributed by atoms with Gasteiger partial charge in [-0.3, -0.25) is 13.9 Å². The first-order chi connectivity index (χ1) is 17.7. The van der Waals surface area contributed by atoms with Gasteiger partial charge in [-0.15, -0.1) is 0 Å². The molecule has 2 amide bonds. The van der Waals surface area contributed by atoms with Crippen molar-refractivity contribution in [3.63, 3.8) is 0 Å². The minimum absolute atomic E-state index is 0.000747. The van der Waals surface area contributed by atoms with Crippen molar-refractivity contribution in [3.05, 3.63) is 94.5 Å². The fourth-order valence-electron chi connectivity index (χ4n) is 3.91. The van der Waals surface area contributed by atoms with Crippen LogP contribution in [0, 0.1) is 0 Å². The number of nitrogens with one attached hydrogen (secondary N) is 1. The van der Waals surface area contributed by atoms with Crippen LogP contribution in [0.25, 0.3) is 0 Å². The van der Waals surface area contributed by atoms with Crippen LogP contribution in [0.15, 0.2) is 83.8 Å². The van der Waals surface area contributed by atoms with Gasteiger partial charge in [0.2, 0.25) is 11.8 Å². The van der Waals surface area contributed by atoms with Gasteiger partial charge in [0.05, 0.1) is 15.6 Å². The lowest BCUT2D eigenvalue weighted by Crippen LogP contribution is -2.52. The number of benzene rings is 3. The summed E-state index contributed by atoms with van der Waals surface area (Å²) in [6.07, 6.45) is 0.345. The van der Waals surface area contributed by atoms with Gasteiger partial charge in [0.25, 0.3) is 10.0 Å². The van der Waals surface area contributed by atoms with E-state index in [1.165, 1.54) is 35.2 Å². The Bertz CT molecular complexity index is 1320. The molecule has 0 aliphatic rings. The van der Waals surface area contributed by atoms with Crippen LogP contribution in [-0.2, 0) is 26.2 Å². The number of anilines is 1. The Morgan fingerprint density at radius 3 is 2.11 bits per heavy atom. The molecule has 0 aromatic heterocycles. The van der Waals surface area contributed by atoms with E-state index in [-0.39, 0.29) is 28.1 Å². The molecule has 37 heavy (non-hydrogen) atoms.